The van der Waals surface area contributed by atoms with Gasteiger partial charge in [-0.3, -0.25) is 5.32 Å². The van der Waals surface area contributed by atoms with Crippen LogP contribution in [-0.2, 0) is 0 Å². The summed E-state index contributed by atoms with van der Waals surface area (Å²) in [5, 5.41) is 22.1. The number of terminal acetylenes is 1. The number of phenolic OH excluding ortho intramolecular Hbond substituents is 2. The fourth-order valence-electron chi connectivity index (χ4n) is 1.57. The zero-order valence-electron chi connectivity index (χ0n) is 9.57. The molecule has 0 radical (unpaired) electrons. The highest BCUT2D eigenvalue weighted by molar-refractivity contribution is 5.40. The van der Waals surface area contributed by atoms with E-state index in [0.29, 0.717) is 0 Å². The molecule has 0 saturated carbocycles. The average molecular weight is 219 g/mol. The minimum absolute atomic E-state index is 0.0109. The molecular formula is C13H17NO2. The molecule has 16 heavy (non-hydrogen) atoms. The molecule has 3 N–H and O–H groups in total. The van der Waals surface area contributed by atoms with Crippen LogP contribution in [0.5, 0.6) is 11.5 Å². The van der Waals surface area contributed by atoms with Crippen LogP contribution in [0.2, 0.25) is 0 Å². The van der Waals surface area contributed by atoms with Gasteiger partial charge in [0.15, 0.2) is 0 Å². The summed E-state index contributed by atoms with van der Waals surface area (Å²) in [5.41, 5.74) is 0.728. The molecule has 2 unspecified atom stereocenters. The number of hydrogen-bond acceptors (Lipinski definition) is 3. The first-order chi connectivity index (χ1) is 7.58. The maximum atomic E-state index is 9.67. The molecule has 0 heterocycles. The highest BCUT2D eigenvalue weighted by atomic mass is 16.3. The lowest BCUT2D eigenvalue weighted by Crippen LogP contribution is -2.29. The van der Waals surface area contributed by atoms with Crippen molar-refractivity contribution in [3.05, 3.63) is 23.8 Å². The number of rotatable bonds is 4. The highest BCUT2D eigenvalue weighted by Gasteiger charge is 2.13. The van der Waals surface area contributed by atoms with Crippen molar-refractivity contribution >= 4 is 0 Å². The third-order valence-electron chi connectivity index (χ3n) is 2.54. The second-order valence-electron chi connectivity index (χ2n) is 3.76. The van der Waals surface area contributed by atoms with Crippen LogP contribution < -0.4 is 5.32 Å². The molecule has 2 atom stereocenters. The van der Waals surface area contributed by atoms with E-state index in [4.69, 9.17) is 6.42 Å². The summed E-state index contributed by atoms with van der Waals surface area (Å²) in [5.74, 6) is 2.77. The molecule has 0 saturated heterocycles. The number of hydrogen-bond donors (Lipinski definition) is 3. The molecule has 1 rings (SSSR count). The van der Waals surface area contributed by atoms with Gasteiger partial charge >= 0.3 is 0 Å². The van der Waals surface area contributed by atoms with Crippen molar-refractivity contribution in [2.45, 2.75) is 32.4 Å². The van der Waals surface area contributed by atoms with Gasteiger partial charge in [-0.1, -0.05) is 18.9 Å². The van der Waals surface area contributed by atoms with Crippen LogP contribution in [0, 0.1) is 12.3 Å². The smallest absolute Gasteiger partial charge is 0.124 e. The van der Waals surface area contributed by atoms with E-state index in [1.54, 1.807) is 12.1 Å². The van der Waals surface area contributed by atoms with Crippen LogP contribution in [0.4, 0.5) is 0 Å². The van der Waals surface area contributed by atoms with E-state index in [9.17, 15) is 10.2 Å². The number of aromatic hydroxyl groups is 2. The first-order valence-corrected chi connectivity index (χ1v) is 5.32. The highest BCUT2D eigenvalue weighted by Crippen LogP contribution is 2.27. The summed E-state index contributed by atoms with van der Waals surface area (Å²) in [6, 6.07) is 4.49. The minimum Gasteiger partial charge on any atom is -0.508 e. The summed E-state index contributed by atoms with van der Waals surface area (Å²) in [7, 11) is 0. The average Bonchev–Trinajstić information content (AvgIpc) is 2.25. The SMILES string of the molecule is C#CC(CC)NC(C)c1ccc(O)cc1O. The summed E-state index contributed by atoms with van der Waals surface area (Å²) in [4.78, 5) is 0. The van der Waals surface area contributed by atoms with Gasteiger partial charge in [0.25, 0.3) is 0 Å². The van der Waals surface area contributed by atoms with E-state index in [1.165, 1.54) is 6.07 Å². The Hall–Kier alpha value is -1.66. The van der Waals surface area contributed by atoms with Gasteiger partial charge in [-0.2, -0.15) is 0 Å². The fourth-order valence-corrected chi connectivity index (χ4v) is 1.57. The third kappa shape index (κ3) is 2.91. The lowest BCUT2D eigenvalue weighted by Gasteiger charge is -2.19. The molecule has 0 fully saturated rings. The Kier molecular flexibility index (Phi) is 4.21. The van der Waals surface area contributed by atoms with Crippen molar-refractivity contribution < 1.29 is 10.2 Å². The van der Waals surface area contributed by atoms with Crippen LogP contribution in [-0.4, -0.2) is 16.3 Å². The second-order valence-corrected chi connectivity index (χ2v) is 3.76. The van der Waals surface area contributed by atoms with Crippen molar-refractivity contribution in [2.75, 3.05) is 0 Å². The van der Waals surface area contributed by atoms with Crippen LogP contribution in [0.1, 0.15) is 31.9 Å². The van der Waals surface area contributed by atoms with Gasteiger partial charge in [-0.15, -0.1) is 6.42 Å². The molecule has 0 amide bonds. The standard InChI is InChI=1S/C13H17NO2/c1-4-10(5-2)14-9(3)12-7-6-11(15)8-13(12)16/h1,6-10,14-16H,5H2,2-3H3. The monoisotopic (exact) mass is 219 g/mol. The van der Waals surface area contributed by atoms with Gasteiger partial charge in [0, 0.05) is 17.7 Å². The molecule has 3 nitrogen and oxygen atoms in total. The van der Waals surface area contributed by atoms with E-state index in [-0.39, 0.29) is 23.6 Å². The topological polar surface area (TPSA) is 52.5 Å². The minimum atomic E-state index is -0.0541. The molecule has 3 heteroatoms. The van der Waals surface area contributed by atoms with Gasteiger partial charge in [-0.25, -0.2) is 0 Å². The van der Waals surface area contributed by atoms with Crippen LogP contribution in [0.25, 0.3) is 0 Å². The quantitative estimate of drug-likeness (QED) is 0.680. The van der Waals surface area contributed by atoms with Crippen molar-refractivity contribution in [1.29, 1.82) is 0 Å². The Morgan fingerprint density at radius 1 is 1.44 bits per heavy atom. The van der Waals surface area contributed by atoms with Crippen molar-refractivity contribution in [1.82, 2.24) is 5.32 Å². The molecule has 86 valence electrons. The maximum absolute atomic E-state index is 9.67. The molecule has 0 bridgehead atoms. The summed E-state index contributed by atoms with van der Waals surface area (Å²) in [6.45, 7) is 3.92. The van der Waals surface area contributed by atoms with E-state index in [1.807, 2.05) is 13.8 Å². The summed E-state index contributed by atoms with van der Waals surface area (Å²) >= 11 is 0. The Labute approximate surface area is 96.1 Å². The largest absolute Gasteiger partial charge is 0.508 e. The molecule has 0 aliphatic carbocycles. The van der Waals surface area contributed by atoms with Crippen molar-refractivity contribution in [2.24, 2.45) is 0 Å². The summed E-state index contributed by atoms with van der Waals surface area (Å²) < 4.78 is 0. The zero-order chi connectivity index (χ0) is 12.1. The van der Waals surface area contributed by atoms with Gasteiger partial charge < -0.3 is 10.2 Å². The lowest BCUT2D eigenvalue weighted by molar-refractivity contribution is 0.430. The second kappa shape index (κ2) is 5.43. The van der Waals surface area contributed by atoms with Gasteiger partial charge in [0.05, 0.1) is 6.04 Å². The molecule has 0 spiro atoms. The number of nitrogens with one attached hydrogen (secondary N) is 1. The molecule has 0 aromatic heterocycles. The Bertz CT molecular complexity index is 395. The predicted octanol–water partition coefficient (Wildman–Crippen LogP) is 2.16. The molecule has 0 aliphatic heterocycles. The van der Waals surface area contributed by atoms with E-state index in [0.717, 1.165) is 12.0 Å². The lowest BCUT2D eigenvalue weighted by atomic mass is 10.1. The third-order valence-corrected chi connectivity index (χ3v) is 2.54. The van der Waals surface area contributed by atoms with E-state index in [2.05, 4.69) is 11.2 Å². The first kappa shape index (κ1) is 12.4. The Morgan fingerprint density at radius 2 is 2.12 bits per heavy atom. The van der Waals surface area contributed by atoms with Crippen LogP contribution in [0.15, 0.2) is 18.2 Å². The number of phenols is 2. The van der Waals surface area contributed by atoms with Crippen molar-refractivity contribution in [3.63, 3.8) is 0 Å². The van der Waals surface area contributed by atoms with Gasteiger partial charge in [0.1, 0.15) is 11.5 Å². The van der Waals surface area contributed by atoms with Gasteiger partial charge in [0.2, 0.25) is 0 Å². The van der Waals surface area contributed by atoms with Crippen LogP contribution >= 0.6 is 0 Å². The molecular weight excluding hydrogens is 202 g/mol. The van der Waals surface area contributed by atoms with E-state index >= 15 is 0 Å². The van der Waals surface area contributed by atoms with Crippen LogP contribution in [0.3, 0.4) is 0 Å². The first-order valence-electron chi connectivity index (χ1n) is 5.32. The normalized spacial score (nSPS) is 14.1. The predicted molar refractivity (Wildman–Crippen MR) is 64.2 cm³/mol. The molecule has 0 aliphatic rings. The van der Waals surface area contributed by atoms with E-state index < -0.39 is 0 Å². The Morgan fingerprint density at radius 3 is 2.62 bits per heavy atom. The van der Waals surface area contributed by atoms with Gasteiger partial charge in [-0.05, 0) is 19.4 Å². The maximum Gasteiger partial charge on any atom is 0.124 e. The fraction of sp³-hybridized carbons (Fsp3) is 0.385. The summed E-state index contributed by atoms with van der Waals surface area (Å²) in [6.07, 6.45) is 6.19. The number of benzene rings is 1. The molecule has 1 aromatic carbocycles. The van der Waals surface area contributed by atoms with Crippen molar-refractivity contribution in [3.8, 4) is 23.8 Å². The Balaban J connectivity index is 2.81. The molecule has 1 aromatic rings. The zero-order valence-corrected chi connectivity index (χ0v) is 9.57.